The number of methoxy groups -OCH3 is 1. The van der Waals surface area contributed by atoms with E-state index in [0.29, 0.717) is 11.3 Å². The third-order valence-corrected chi connectivity index (χ3v) is 4.40. The molecule has 0 saturated heterocycles. The molecule has 25 heavy (non-hydrogen) atoms. The van der Waals surface area contributed by atoms with Gasteiger partial charge in [-0.25, -0.2) is 0 Å². The van der Waals surface area contributed by atoms with E-state index in [0.717, 1.165) is 0 Å². The van der Waals surface area contributed by atoms with Crippen molar-refractivity contribution in [1.82, 2.24) is 10.2 Å². The molecule has 3 N–H and O–H groups in total. The van der Waals surface area contributed by atoms with E-state index in [2.05, 4.69) is 15.5 Å². The Hall–Kier alpha value is -2.55. The molecule has 0 radical (unpaired) electrons. The van der Waals surface area contributed by atoms with Gasteiger partial charge >= 0.3 is 6.18 Å². The Kier molecular flexibility index (Phi) is 3.98. The lowest BCUT2D eigenvalue weighted by molar-refractivity contribution is -0.267. The van der Waals surface area contributed by atoms with Gasteiger partial charge < -0.3 is 15.2 Å². The first kappa shape index (κ1) is 17.3. The number of carbonyl (C=O) groups is 1. The number of fused-ring (bicyclic) bond motifs is 1. The van der Waals surface area contributed by atoms with Gasteiger partial charge in [-0.1, -0.05) is 19.1 Å². The van der Waals surface area contributed by atoms with Crippen molar-refractivity contribution in [1.29, 1.82) is 0 Å². The number of hydrogen-bond donors (Lipinski definition) is 3. The summed E-state index contributed by atoms with van der Waals surface area (Å²) in [7, 11) is 1.51. The fraction of sp³-hybridized carbons (Fsp3) is 0.375. The first-order chi connectivity index (χ1) is 11.7. The Labute approximate surface area is 141 Å². The highest BCUT2D eigenvalue weighted by molar-refractivity contribution is 5.94. The second kappa shape index (κ2) is 5.76. The van der Waals surface area contributed by atoms with Crippen LogP contribution in [0.1, 0.15) is 36.1 Å². The van der Waals surface area contributed by atoms with Crippen LogP contribution >= 0.6 is 0 Å². The summed E-state index contributed by atoms with van der Waals surface area (Å²) in [6.07, 6.45) is -6.12. The standard InChI is InChI=1S/C16H16F3N3O3/c1-8(9-3-5-10(25-2)6-4-9)13-12-14(22-21-13)20-11(23)7-15(12,24)16(17,18)19/h3-6,8,24H,7H2,1-2H3,(H2,20,21,22,23). The highest BCUT2D eigenvalue weighted by Crippen LogP contribution is 2.49. The molecule has 3 rings (SSSR count). The summed E-state index contributed by atoms with van der Waals surface area (Å²) in [5, 5.41) is 18.9. The Morgan fingerprint density at radius 2 is 1.96 bits per heavy atom. The van der Waals surface area contributed by atoms with E-state index in [-0.39, 0.29) is 11.5 Å². The van der Waals surface area contributed by atoms with Crippen LogP contribution < -0.4 is 10.1 Å². The highest BCUT2D eigenvalue weighted by atomic mass is 19.4. The summed E-state index contributed by atoms with van der Waals surface area (Å²) in [6, 6.07) is 6.80. The molecule has 0 saturated carbocycles. The van der Waals surface area contributed by atoms with Gasteiger partial charge in [0.25, 0.3) is 0 Å². The van der Waals surface area contributed by atoms with E-state index in [4.69, 9.17) is 4.74 Å². The summed E-state index contributed by atoms with van der Waals surface area (Å²) in [6.45, 7) is 1.68. The number of amides is 1. The minimum atomic E-state index is -5.02. The van der Waals surface area contributed by atoms with Crippen molar-refractivity contribution in [3.8, 4) is 5.75 Å². The van der Waals surface area contributed by atoms with Crippen molar-refractivity contribution in [2.24, 2.45) is 0 Å². The monoisotopic (exact) mass is 355 g/mol. The van der Waals surface area contributed by atoms with Gasteiger partial charge in [-0.3, -0.25) is 9.89 Å². The van der Waals surface area contributed by atoms with Crippen molar-refractivity contribution in [2.75, 3.05) is 12.4 Å². The number of ether oxygens (including phenoxy) is 1. The average molecular weight is 355 g/mol. The zero-order chi connectivity index (χ0) is 18.4. The number of alkyl halides is 3. The Balaban J connectivity index is 2.09. The maximum Gasteiger partial charge on any atom is 0.422 e. The Morgan fingerprint density at radius 1 is 1.32 bits per heavy atom. The lowest BCUT2D eigenvalue weighted by atomic mass is 9.82. The van der Waals surface area contributed by atoms with E-state index in [9.17, 15) is 23.1 Å². The number of nitrogens with one attached hydrogen (secondary N) is 2. The SMILES string of the molecule is COc1ccc(C(C)c2[nH]nc3c2C(O)(C(F)(F)F)CC(=O)N3)cc1. The molecule has 1 aliphatic heterocycles. The maximum atomic E-state index is 13.5. The minimum absolute atomic E-state index is 0.0972. The molecule has 2 atom stereocenters. The molecular formula is C16H16F3N3O3. The normalized spacial score (nSPS) is 21.4. The van der Waals surface area contributed by atoms with Crippen molar-refractivity contribution in [3.05, 3.63) is 41.1 Å². The molecule has 1 aromatic heterocycles. The van der Waals surface area contributed by atoms with Crippen LogP contribution in [-0.4, -0.2) is 34.5 Å². The minimum Gasteiger partial charge on any atom is -0.497 e. The molecule has 2 heterocycles. The summed E-state index contributed by atoms with van der Waals surface area (Å²) >= 11 is 0. The molecule has 2 aromatic rings. The van der Waals surface area contributed by atoms with Gasteiger partial charge in [-0.2, -0.15) is 18.3 Å². The van der Waals surface area contributed by atoms with Crippen LogP contribution in [0.3, 0.4) is 0 Å². The number of rotatable bonds is 3. The van der Waals surface area contributed by atoms with Gasteiger partial charge in [-0.05, 0) is 17.7 Å². The lowest BCUT2D eigenvalue weighted by Crippen LogP contribution is -2.48. The zero-order valence-electron chi connectivity index (χ0n) is 13.4. The summed E-state index contributed by atoms with van der Waals surface area (Å²) in [4.78, 5) is 11.6. The van der Waals surface area contributed by atoms with Gasteiger partial charge in [0.2, 0.25) is 5.91 Å². The molecule has 9 heteroatoms. The van der Waals surface area contributed by atoms with Crippen LogP contribution in [0.5, 0.6) is 5.75 Å². The van der Waals surface area contributed by atoms with Crippen molar-refractivity contribution in [2.45, 2.75) is 31.0 Å². The van der Waals surface area contributed by atoms with Gasteiger partial charge in [0.15, 0.2) is 11.4 Å². The third-order valence-electron chi connectivity index (χ3n) is 4.40. The number of benzene rings is 1. The number of aromatic nitrogens is 2. The van der Waals surface area contributed by atoms with Crippen LogP contribution in [0.15, 0.2) is 24.3 Å². The fourth-order valence-corrected chi connectivity index (χ4v) is 2.98. The molecule has 0 fully saturated rings. The van der Waals surface area contributed by atoms with E-state index in [1.54, 1.807) is 31.2 Å². The smallest absolute Gasteiger partial charge is 0.422 e. The van der Waals surface area contributed by atoms with E-state index in [1.165, 1.54) is 7.11 Å². The molecule has 134 valence electrons. The first-order valence-electron chi connectivity index (χ1n) is 7.49. The number of anilines is 1. The van der Waals surface area contributed by atoms with Crippen LogP contribution in [-0.2, 0) is 10.4 Å². The van der Waals surface area contributed by atoms with Crippen molar-refractivity contribution < 1.29 is 27.8 Å². The fourth-order valence-electron chi connectivity index (χ4n) is 2.98. The van der Waals surface area contributed by atoms with Crippen LogP contribution in [0, 0.1) is 0 Å². The average Bonchev–Trinajstić information content (AvgIpc) is 2.97. The maximum absolute atomic E-state index is 13.5. The molecule has 1 aromatic carbocycles. The van der Waals surface area contributed by atoms with Gasteiger partial charge in [0.05, 0.1) is 24.8 Å². The van der Waals surface area contributed by atoms with Crippen LogP contribution in [0.25, 0.3) is 0 Å². The molecule has 0 spiro atoms. The number of aromatic amines is 1. The number of H-pyrrole nitrogens is 1. The third kappa shape index (κ3) is 2.74. The predicted octanol–water partition coefficient (Wildman–Crippen LogP) is 2.66. The first-order valence-corrected chi connectivity index (χ1v) is 7.49. The number of carbonyl (C=O) groups excluding carboxylic acids is 1. The Morgan fingerprint density at radius 3 is 2.52 bits per heavy atom. The second-order valence-electron chi connectivity index (χ2n) is 5.94. The summed E-state index contributed by atoms with van der Waals surface area (Å²) in [5.74, 6) is -1.15. The number of hydrogen-bond acceptors (Lipinski definition) is 4. The number of aliphatic hydroxyl groups is 1. The van der Waals surface area contributed by atoms with E-state index < -0.39 is 35.6 Å². The van der Waals surface area contributed by atoms with Crippen molar-refractivity contribution in [3.63, 3.8) is 0 Å². The number of nitrogens with zero attached hydrogens (tertiary/aromatic N) is 1. The second-order valence-corrected chi connectivity index (χ2v) is 5.94. The highest BCUT2D eigenvalue weighted by Gasteiger charge is 2.60. The zero-order valence-corrected chi connectivity index (χ0v) is 13.4. The summed E-state index contributed by atoms with van der Waals surface area (Å²) < 4.78 is 45.6. The molecule has 1 aliphatic rings. The van der Waals surface area contributed by atoms with Crippen LogP contribution in [0.2, 0.25) is 0 Å². The lowest BCUT2D eigenvalue weighted by Gasteiger charge is -2.34. The van der Waals surface area contributed by atoms with Crippen LogP contribution in [0.4, 0.5) is 19.0 Å². The molecule has 1 amide bonds. The summed E-state index contributed by atoms with van der Waals surface area (Å²) in [5.41, 5.74) is -2.93. The Bertz CT molecular complexity index is 801. The quantitative estimate of drug-likeness (QED) is 0.790. The van der Waals surface area contributed by atoms with Gasteiger partial charge in [-0.15, -0.1) is 0 Å². The van der Waals surface area contributed by atoms with Gasteiger partial charge in [0.1, 0.15) is 5.75 Å². The molecular weight excluding hydrogens is 339 g/mol. The molecule has 6 nitrogen and oxygen atoms in total. The van der Waals surface area contributed by atoms with Gasteiger partial charge in [0, 0.05) is 5.92 Å². The molecule has 0 aliphatic carbocycles. The van der Waals surface area contributed by atoms with E-state index >= 15 is 0 Å². The topological polar surface area (TPSA) is 87.2 Å². The number of halogens is 3. The molecule has 0 bridgehead atoms. The predicted molar refractivity (Wildman–Crippen MR) is 82.3 cm³/mol. The molecule has 2 unspecified atom stereocenters. The largest absolute Gasteiger partial charge is 0.497 e. The van der Waals surface area contributed by atoms with Crippen molar-refractivity contribution >= 4 is 11.7 Å². The van der Waals surface area contributed by atoms with E-state index in [1.807, 2.05) is 0 Å².